The van der Waals surface area contributed by atoms with Crippen molar-refractivity contribution in [2.45, 2.75) is 48.7 Å². The molecule has 2 N–H and O–H groups in total. The molecule has 0 aliphatic carbocycles. The lowest BCUT2D eigenvalue weighted by Gasteiger charge is -2.38. The number of benzene rings is 2. The molecule has 1 aliphatic rings. The molecule has 2 heterocycles. The van der Waals surface area contributed by atoms with Gasteiger partial charge in [0.1, 0.15) is 11.5 Å². The van der Waals surface area contributed by atoms with Gasteiger partial charge in [-0.15, -0.1) is 4.91 Å². The summed E-state index contributed by atoms with van der Waals surface area (Å²) in [7, 11) is -2.32. The number of rotatable bonds is 12. The first-order chi connectivity index (χ1) is 19.5. The van der Waals surface area contributed by atoms with E-state index in [1.165, 1.54) is 12.1 Å². The summed E-state index contributed by atoms with van der Waals surface area (Å²) in [5.74, 6) is -2.65. The van der Waals surface area contributed by atoms with E-state index in [4.69, 9.17) is 4.52 Å². The number of carbonyl (C=O) groups excluding carboxylic acids is 1. The van der Waals surface area contributed by atoms with E-state index in [9.17, 15) is 28.0 Å². The number of hydrogen-bond donors (Lipinski definition) is 2. The molecule has 1 fully saturated rings. The third kappa shape index (κ3) is 7.40. The lowest BCUT2D eigenvalue weighted by Crippen LogP contribution is -2.42. The van der Waals surface area contributed by atoms with Gasteiger partial charge < -0.3 is 14.5 Å². The molecule has 0 radical (unpaired) electrons. The molecular formula is C28H32N4O7S2. The van der Waals surface area contributed by atoms with Gasteiger partial charge in [-0.25, -0.2) is 13.1 Å². The molecule has 1 aromatic heterocycles. The summed E-state index contributed by atoms with van der Waals surface area (Å²) in [5.41, 5.74) is 2.86. The largest absolute Gasteiger partial charge is 0.481 e. The minimum atomic E-state index is -4.29. The van der Waals surface area contributed by atoms with Gasteiger partial charge in [-0.3, -0.25) is 9.59 Å². The summed E-state index contributed by atoms with van der Waals surface area (Å²) in [6, 6.07) is 15.4. The van der Waals surface area contributed by atoms with E-state index in [1.54, 1.807) is 19.1 Å². The zero-order valence-electron chi connectivity index (χ0n) is 22.8. The second-order valence-corrected chi connectivity index (χ2v) is 13.2. The Balaban J connectivity index is 1.49. The molecule has 4 rings (SSSR count). The zero-order chi connectivity index (χ0) is 29.6. The number of aliphatic carboxylic acids is 1. The number of hydrogen-bond acceptors (Lipinski definition) is 10. The molecule has 218 valence electrons. The van der Waals surface area contributed by atoms with Crippen LogP contribution in [0.1, 0.15) is 37.9 Å². The summed E-state index contributed by atoms with van der Waals surface area (Å²) >= 11 is 0.919. The number of nitroso groups, excluding NO2 is 1. The predicted molar refractivity (Wildman–Crippen MR) is 155 cm³/mol. The quantitative estimate of drug-likeness (QED) is 0.217. The number of amides is 1. The van der Waals surface area contributed by atoms with E-state index in [2.05, 4.69) is 19.4 Å². The van der Waals surface area contributed by atoms with Crippen molar-refractivity contribution in [1.29, 1.82) is 0 Å². The Hall–Kier alpha value is -3.55. The standard InChI is InChI=1S/C28H32N4O7S2/c1-19-25(26(29-39-19)21-6-4-3-5-7-21)20-8-10-23(11-9-20)41(37,38)30-27(35)22(18-24(33)34)12-13-28(40-31-36)14-16-32(2)17-15-28/h3-11,22H,12-18H2,1-2H3,(H,30,35)(H,33,34). The topological polar surface area (TPSA) is 159 Å². The number of aryl methyl sites for hydroxylation is 1. The normalized spacial score (nSPS) is 16.1. The molecule has 2 aromatic carbocycles. The summed E-state index contributed by atoms with van der Waals surface area (Å²) in [5, 5.41) is 13.6. The van der Waals surface area contributed by atoms with Crippen LogP contribution in [-0.4, -0.2) is 60.3 Å². The van der Waals surface area contributed by atoms with Crippen LogP contribution >= 0.6 is 11.9 Å². The fourth-order valence-electron chi connectivity index (χ4n) is 5.05. The van der Waals surface area contributed by atoms with Crippen molar-refractivity contribution in [3.05, 3.63) is 65.3 Å². The number of carbonyl (C=O) groups is 2. The molecule has 3 aromatic rings. The predicted octanol–water partition coefficient (Wildman–Crippen LogP) is 4.87. The Morgan fingerprint density at radius 2 is 1.78 bits per heavy atom. The first kappa shape index (κ1) is 30.4. The highest BCUT2D eigenvalue weighted by atomic mass is 32.2. The molecule has 13 heteroatoms. The molecule has 11 nitrogen and oxygen atoms in total. The maximum Gasteiger partial charge on any atom is 0.304 e. The van der Waals surface area contributed by atoms with Gasteiger partial charge in [0.2, 0.25) is 5.91 Å². The fourth-order valence-corrected chi connectivity index (χ4v) is 6.82. The Morgan fingerprint density at radius 3 is 2.39 bits per heavy atom. The summed E-state index contributed by atoms with van der Waals surface area (Å²) in [4.78, 5) is 37.7. The van der Waals surface area contributed by atoms with Crippen molar-refractivity contribution >= 4 is 33.8 Å². The molecule has 1 aliphatic heterocycles. The molecule has 1 atom stereocenters. The van der Waals surface area contributed by atoms with Crippen LogP contribution in [0.2, 0.25) is 0 Å². The number of carboxylic acids is 1. The third-order valence-electron chi connectivity index (χ3n) is 7.47. The van der Waals surface area contributed by atoms with Crippen LogP contribution < -0.4 is 4.72 Å². The lowest BCUT2D eigenvalue weighted by molar-refractivity contribution is -0.141. The zero-order valence-corrected chi connectivity index (χ0v) is 24.4. The summed E-state index contributed by atoms with van der Waals surface area (Å²) < 4.78 is 36.2. The van der Waals surface area contributed by atoms with Crippen molar-refractivity contribution in [1.82, 2.24) is 14.8 Å². The highest BCUT2D eigenvalue weighted by Gasteiger charge is 2.37. The van der Waals surface area contributed by atoms with Gasteiger partial charge in [0.05, 0.1) is 16.9 Å². The van der Waals surface area contributed by atoms with Crippen LogP contribution in [0.15, 0.2) is 68.6 Å². The van der Waals surface area contributed by atoms with Gasteiger partial charge in [-0.05, 0) is 70.4 Å². The number of sulfonamides is 1. The summed E-state index contributed by atoms with van der Waals surface area (Å²) in [6.07, 6.45) is 1.24. The van der Waals surface area contributed by atoms with E-state index in [0.717, 1.165) is 36.2 Å². The van der Waals surface area contributed by atoms with Crippen LogP contribution in [-0.2, 0) is 19.6 Å². The van der Waals surface area contributed by atoms with Gasteiger partial charge in [-0.2, -0.15) is 0 Å². The highest BCUT2D eigenvalue weighted by Crippen LogP contribution is 2.41. The Labute approximate surface area is 242 Å². The first-order valence-corrected chi connectivity index (χ1v) is 15.4. The number of piperidine rings is 1. The van der Waals surface area contributed by atoms with Crippen molar-refractivity contribution in [2.75, 3.05) is 20.1 Å². The van der Waals surface area contributed by atoms with E-state index < -0.39 is 39.0 Å². The van der Waals surface area contributed by atoms with Crippen LogP contribution in [0.25, 0.3) is 22.4 Å². The van der Waals surface area contributed by atoms with Crippen molar-refractivity contribution in [2.24, 2.45) is 10.5 Å². The first-order valence-electron chi connectivity index (χ1n) is 13.1. The maximum absolute atomic E-state index is 13.1. The fraction of sp³-hybridized carbons (Fsp3) is 0.393. The van der Waals surface area contributed by atoms with Gasteiger partial charge >= 0.3 is 5.97 Å². The van der Waals surface area contributed by atoms with E-state index in [1.807, 2.05) is 37.4 Å². The van der Waals surface area contributed by atoms with E-state index in [0.29, 0.717) is 36.3 Å². The Bertz CT molecular complexity index is 1480. The maximum atomic E-state index is 13.1. The van der Waals surface area contributed by atoms with Gasteiger partial charge in [0.25, 0.3) is 10.0 Å². The molecule has 0 spiro atoms. The Morgan fingerprint density at radius 1 is 1.12 bits per heavy atom. The second kappa shape index (κ2) is 13.0. The number of nitrogens with one attached hydrogen (secondary N) is 1. The monoisotopic (exact) mass is 600 g/mol. The van der Waals surface area contributed by atoms with Gasteiger partial charge in [0.15, 0.2) is 0 Å². The summed E-state index contributed by atoms with van der Waals surface area (Å²) in [6.45, 7) is 3.25. The van der Waals surface area contributed by atoms with Crippen molar-refractivity contribution in [3.8, 4) is 22.4 Å². The van der Waals surface area contributed by atoms with Crippen molar-refractivity contribution in [3.63, 3.8) is 0 Å². The smallest absolute Gasteiger partial charge is 0.304 e. The van der Waals surface area contributed by atoms with Gasteiger partial charge in [-0.1, -0.05) is 47.6 Å². The van der Waals surface area contributed by atoms with Gasteiger partial charge in [0, 0.05) is 32.8 Å². The third-order valence-corrected chi connectivity index (χ3v) is 9.90. The minimum Gasteiger partial charge on any atom is -0.481 e. The molecule has 0 saturated carbocycles. The van der Waals surface area contributed by atoms with Crippen molar-refractivity contribution < 1.29 is 27.6 Å². The molecule has 1 amide bonds. The molecular weight excluding hydrogens is 568 g/mol. The molecule has 41 heavy (non-hydrogen) atoms. The van der Waals surface area contributed by atoms with Crippen LogP contribution in [0.5, 0.6) is 0 Å². The van der Waals surface area contributed by atoms with Crippen LogP contribution in [0.3, 0.4) is 0 Å². The van der Waals surface area contributed by atoms with E-state index in [-0.39, 0.29) is 11.3 Å². The number of aromatic nitrogens is 1. The lowest BCUT2D eigenvalue weighted by atomic mass is 9.86. The van der Waals surface area contributed by atoms with Crippen LogP contribution in [0.4, 0.5) is 0 Å². The molecule has 1 unspecified atom stereocenters. The average molecular weight is 601 g/mol. The highest BCUT2D eigenvalue weighted by molar-refractivity contribution is 7.99. The molecule has 0 bridgehead atoms. The SMILES string of the molecule is Cc1onc(-c2ccccc2)c1-c1ccc(S(=O)(=O)NC(=O)C(CCC2(SN=O)CCN(C)CC2)CC(=O)O)cc1. The van der Waals surface area contributed by atoms with Crippen LogP contribution in [0, 0.1) is 17.7 Å². The Kier molecular flexibility index (Phi) is 9.61. The number of likely N-dealkylation sites (tertiary alicyclic amines) is 1. The second-order valence-electron chi connectivity index (χ2n) is 10.3. The average Bonchev–Trinajstić information content (AvgIpc) is 3.34. The van der Waals surface area contributed by atoms with E-state index >= 15 is 0 Å². The number of carboxylic acid groups (broad SMARTS) is 1. The number of nitrogens with zero attached hydrogens (tertiary/aromatic N) is 3. The minimum absolute atomic E-state index is 0.105. The molecule has 1 saturated heterocycles.